The zero-order valence-electron chi connectivity index (χ0n) is 8.49. The molecule has 0 aromatic carbocycles. The van der Waals surface area contributed by atoms with Gasteiger partial charge < -0.3 is 10.5 Å². The summed E-state index contributed by atoms with van der Waals surface area (Å²) in [6, 6.07) is -0.0144. The van der Waals surface area contributed by atoms with Crippen LogP contribution < -0.4 is 5.73 Å². The molecule has 0 fully saturated rings. The van der Waals surface area contributed by atoms with Crippen LogP contribution in [0.2, 0.25) is 0 Å². The van der Waals surface area contributed by atoms with Crippen LogP contribution in [0.25, 0.3) is 0 Å². The van der Waals surface area contributed by atoms with Gasteiger partial charge in [0.2, 0.25) is 0 Å². The van der Waals surface area contributed by atoms with Gasteiger partial charge in [-0.1, -0.05) is 24.3 Å². The maximum atomic E-state index is 11.2. The van der Waals surface area contributed by atoms with Gasteiger partial charge in [0.25, 0.3) is 0 Å². The maximum absolute atomic E-state index is 11.2. The highest BCUT2D eigenvalue weighted by atomic mass is 16.5. The normalized spacial score (nSPS) is 17.9. The van der Waals surface area contributed by atoms with E-state index in [1.54, 1.807) is 6.08 Å². The van der Waals surface area contributed by atoms with Gasteiger partial charge in [-0.3, -0.25) is 0 Å². The van der Waals surface area contributed by atoms with E-state index in [1.807, 2.05) is 25.2 Å². The van der Waals surface area contributed by atoms with E-state index >= 15 is 0 Å². The van der Waals surface area contributed by atoms with Crippen molar-refractivity contribution in [1.29, 1.82) is 0 Å². The molecule has 0 heterocycles. The number of nitrogens with two attached hydrogens (primary N) is 1. The SMILES string of the molecule is COC(=O)C1=CC=C([C@H](C)N)C=CC1. The maximum Gasteiger partial charge on any atom is 0.334 e. The Morgan fingerprint density at radius 3 is 2.86 bits per heavy atom. The zero-order valence-corrected chi connectivity index (χ0v) is 8.49. The van der Waals surface area contributed by atoms with Gasteiger partial charge >= 0.3 is 5.97 Å². The summed E-state index contributed by atoms with van der Waals surface area (Å²) in [5, 5.41) is 0. The number of hydrogen-bond donors (Lipinski definition) is 1. The molecule has 0 saturated heterocycles. The minimum atomic E-state index is -0.281. The third-order valence-corrected chi connectivity index (χ3v) is 2.10. The van der Waals surface area contributed by atoms with E-state index in [0.29, 0.717) is 12.0 Å². The topological polar surface area (TPSA) is 52.3 Å². The lowest BCUT2D eigenvalue weighted by Crippen LogP contribution is -2.16. The van der Waals surface area contributed by atoms with Crippen LogP contribution in [0.15, 0.2) is 35.5 Å². The van der Waals surface area contributed by atoms with E-state index in [4.69, 9.17) is 5.73 Å². The molecule has 0 saturated carbocycles. The molecule has 1 aliphatic carbocycles. The first-order valence-corrected chi connectivity index (χ1v) is 4.56. The highest BCUT2D eigenvalue weighted by Gasteiger charge is 2.09. The van der Waals surface area contributed by atoms with Crippen molar-refractivity contribution in [3.05, 3.63) is 35.5 Å². The second-order valence-corrected chi connectivity index (χ2v) is 3.25. The number of methoxy groups -OCH3 is 1. The van der Waals surface area contributed by atoms with Gasteiger partial charge in [-0.25, -0.2) is 4.79 Å². The minimum absolute atomic E-state index is 0.0144. The summed E-state index contributed by atoms with van der Waals surface area (Å²) >= 11 is 0. The van der Waals surface area contributed by atoms with E-state index in [-0.39, 0.29) is 12.0 Å². The van der Waals surface area contributed by atoms with Crippen molar-refractivity contribution in [3.8, 4) is 0 Å². The molecule has 14 heavy (non-hydrogen) atoms. The molecule has 0 amide bonds. The Morgan fingerprint density at radius 1 is 1.57 bits per heavy atom. The number of carbonyl (C=O) groups is 1. The molecule has 1 rings (SSSR count). The predicted molar refractivity (Wildman–Crippen MR) is 55.6 cm³/mol. The Labute approximate surface area is 83.9 Å². The first-order chi connectivity index (χ1) is 6.65. The summed E-state index contributed by atoms with van der Waals surface area (Å²) in [7, 11) is 1.38. The molecule has 0 aromatic rings. The lowest BCUT2D eigenvalue weighted by atomic mass is 10.1. The molecule has 2 N–H and O–H groups in total. The number of rotatable bonds is 2. The number of esters is 1. The zero-order chi connectivity index (χ0) is 10.6. The van der Waals surface area contributed by atoms with Gasteiger partial charge in [0.05, 0.1) is 7.11 Å². The number of carbonyl (C=O) groups excluding carboxylic acids is 1. The van der Waals surface area contributed by atoms with E-state index in [9.17, 15) is 4.79 Å². The highest BCUT2D eigenvalue weighted by Crippen LogP contribution is 2.13. The van der Waals surface area contributed by atoms with E-state index in [1.165, 1.54) is 7.11 Å². The quantitative estimate of drug-likeness (QED) is 0.673. The van der Waals surface area contributed by atoms with E-state index < -0.39 is 0 Å². The summed E-state index contributed by atoms with van der Waals surface area (Å²) in [4.78, 5) is 11.2. The van der Waals surface area contributed by atoms with Crippen LogP contribution in [0.3, 0.4) is 0 Å². The van der Waals surface area contributed by atoms with Gasteiger partial charge in [-0.05, 0) is 18.9 Å². The van der Waals surface area contributed by atoms with Crippen molar-refractivity contribution >= 4 is 5.97 Å². The molecular formula is C11H15NO2. The monoisotopic (exact) mass is 193 g/mol. The fourth-order valence-corrected chi connectivity index (χ4v) is 1.23. The summed E-state index contributed by atoms with van der Waals surface area (Å²) in [5.41, 5.74) is 7.40. The molecule has 1 atom stereocenters. The van der Waals surface area contributed by atoms with Gasteiger partial charge in [-0.15, -0.1) is 0 Å². The van der Waals surface area contributed by atoms with Crippen molar-refractivity contribution in [1.82, 2.24) is 0 Å². The molecule has 0 aliphatic heterocycles. The van der Waals surface area contributed by atoms with Crippen molar-refractivity contribution in [2.45, 2.75) is 19.4 Å². The summed E-state index contributed by atoms with van der Waals surface area (Å²) in [5.74, 6) is -0.281. The minimum Gasteiger partial charge on any atom is -0.466 e. The molecular weight excluding hydrogens is 178 g/mol. The Balaban J connectivity index is 2.86. The average molecular weight is 193 g/mol. The van der Waals surface area contributed by atoms with Crippen LogP contribution in [-0.2, 0) is 9.53 Å². The number of ether oxygens (including phenoxy) is 1. The van der Waals surface area contributed by atoms with Crippen molar-refractivity contribution in [2.24, 2.45) is 5.73 Å². The van der Waals surface area contributed by atoms with Crippen molar-refractivity contribution < 1.29 is 9.53 Å². The second kappa shape index (κ2) is 4.77. The van der Waals surface area contributed by atoms with Crippen molar-refractivity contribution in [2.75, 3.05) is 7.11 Å². The van der Waals surface area contributed by atoms with E-state index in [2.05, 4.69) is 4.74 Å². The van der Waals surface area contributed by atoms with Crippen LogP contribution in [0, 0.1) is 0 Å². The molecule has 3 heteroatoms. The Bertz CT molecular complexity index is 311. The van der Waals surface area contributed by atoms with Gasteiger partial charge in [-0.2, -0.15) is 0 Å². The second-order valence-electron chi connectivity index (χ2n) is 3.25. The lowest BCUT2D eigenvalue weighted by Gasteiger charge is -2.03. The highest BCUT2D eigenvalue weighted by molar-refractivity contribution is 5.89. The molecule has 0 unspecified atom stereocenters. The Hall–Kier alpha value is -1.35. The first kappa shape index (κ1) is 10.7. The van der Waals surface area contributed by atoms with Crippen molar-refractivity contribution in [3.63, 3.8) is 0 Å². The molecule has 3 nitrogen and oxygen atoms in total. The van der Waals surface area contributed by atoms with Crippen LogP contribution in [-0.4, -0.2) is 19.1 Å². The summed E-state index contributed by atoms with van der Waals surface area (Å²) < 4.78 is 4.64. The third-order valence-electron chi connectivity index (χ3n) is 2.10. The number of allylic oxidation sites excluding steroid dienone is 3. The Morgan fingerprint density at radius 2 is 2.29 bits per heavy atom. The lowest BCUT2D eigenvalue weighted by molar-refractivity contribution is -0.136. The number of hydrogen-bond acceptors (Lipinski definition) is 3. The molecule has 0 bridgehead atoms. The van der Waals surface area contributed by atoms with Gasteiger partial charge in [0.15, 0.2) is 0 Å². The fourth-order valence-electron chi connectivity index (χ4n) is 1.23. The van der Waals surface area contributed by atoms with Crippen LogP contribution in [0.1, 0.15) is 13.3 Å². The van der Waals surface area contributed by atoms with Gasteiger partial charge in [0, 0.05) is 11.6 Å². The predicted octanol–water partition coefficient (Wildman–Crippen LogP) is 1.32. The molecule has 0 radical (unpaired) electrons. The van der Waals surface area contributed by atoms with Crippen LogP contribution in [0.4, 0.5) is 0 Å². The van der Waals surface area contributed by atoms with Crippen LogP contribution >= 0.6 is 0 Å². The standard InChI is InChI=1S/C11H15NO2/c1-8(12)9-4-3-5-10(7-6-9)11(13)14-2/h3-4,6-8H,5,12H2,1-2H3/t8-/m0/s1. The largest absolute Gasteiger partial charge is 0.466 e. The van der Waals surface area contributed by atoms with E-state index in [0.717, 1.165) is 5.57 Å². The van der Waals surface area contributed by atoms with Gasteiger partial charge in [0.1, 0.15) is 0 Å². The summed E-state index contributed by atoms with van der Waals surface area (Å²) in [6.07, 6.45) is 8.09. The smallest absolute Gasteiger partial charge is 0.334 e. The average Bonchev–Trinajstić information content (AvgIpc) is 2.41. The molecule has 0 aromatic heterocycles. The van der Waals surface area contributed by atoms with Crippen LogP contribution in [0.5, 0.6) is 0 Å². The molecule has 76 valence electrons. The fraction of sp³-hybridized carbons (Fsp3) is 0.364. The third kappa shape index (κ3) is 2.57. The molecule has 1 aliphatic rings. The Kier molecular flexibility index (Phi) is 3.65. The molecule has 0 spiro atoms. The first-order valence-electron chi connectivity index (χ1n) is 4.56. The summed E-state index contributed by atoms with van der Waals surface area (Å²) in [6.45, 7) is 1.91.